The van der Waals surface area contributed by atoms with E-state index >= 15 is 0 Å². The van der Waals surface area contributed by atoms with Crippen LogP contribution in [0.2, 0.25) is 0 Å². The highest BCUT2D eigenvalue weighted by Gasteiger charge is 2.49. The molecule has 150 valence electrons. The fourth-order valence-corrected chi connectivity index (χ4v) is 3.46. The third kappa shape index (κ3) is 4.73. The van der Waals surface area contributed by atoms with Crippen LogP contribution in [0.3, 0.4) is 0 Å². The molecule has 0 saturated carbocycles. The second kappa shape index (κ2) is 6.98. The van der Waals surface area contributed by atoms with Crippen LogP contribution < -0.4 is 4.18 Å². The third-order valence-electron chi connectivity index (χ3n) is 3.91. The molecule has 0 fully saturated rings. The number of halogens is 3. The molecule has 1 atom stereocenters. The Morgan fingerprint density at radius 2 is 1.63 bits per heavy atom. The maximum Gasteiger partial charge on any atom is 0.534 e. The number of hydrogen-bond acceptors (Lipinski definition) is 4. The molecule has 0 spiro atoms. The highest BCUT2D eigenvalue weighted by molar-refractivity contribution is 7.88. The maximum absolute atomic E-state index is 13.0. The quantitative estimate of drug-likeness (QED) is 0.494. The number of ether oxygens (including phenoxy) is 1. The summed E-state index contributed by atoms with van der Waals surface area (Å²) in [4.78, 5) is 0. The molecule has 0 bridgehead atoms. The van der Waals surface area contributed by atoms with Crippen molar-refractivity contribution in [1.82, 2.24) is 0 Å². The summed E-state index contributed by atoms with van der Waals surface area (Å²) in [6.45, 7) is 10.5. The number of fused-ring (bicyclic) bond motifs is 1. The van der Waals surface area contributed by atoms with Gasteiger partial charge in [0.15, 0.2) is 5.75 Å². The molecule has 0 radical (unpaired) electrons. The van der Waals surface area contributed by atoms with E-state index in [1.165, 1.54) is 0 Å². The van der Waals surface area contributed by atoms with Crippen molar-refractivity contribution in [3.63, 3.8) is 0 Å². The van der Waals surface area contributed by atoms with Gasteiger partial charge in [-0.2, -0.15) is 21.6 Å². The number of hydrogen-bond donors (Lipinski definition) is 0. The summed E-state index contributed by atoms with van der Waals surface area (Å²) in [5.74, 6) is -0.345. The zero-order valence-electron chi connectivity index (χ0n) is 16.1. The molecule has 8 heteroatoms. The number of aryl methyl sites for hydroxylation is 2. The van der Waals surface area contributed by atoms with Crippen molar-refractivity contribution < 1.29 is 30.5 Å². The molecule has 0 saturated heterocycles. The molecule has 2 rings (SSSR count). The van der Waals surface area contributed by atoms with E-state index in [0.717, 1.165) is 5.56 Å². The lowest BCUT2D eigenvalue weighted by atomic mass is 9.95. The summed E-state index contributed by atoms with van der Waals surface area (Å²) in [6, 6.07) is 6.88. The second-order valence-electron chi connectivity index (χ2n) is 7.52. The Balaban J connectivity index is 2.79. The zero-order valence-corrected chi connectivity index (χ0v) is 16.9. The van der Waals surface area contributed by atoms with Crippen LogP contribution in [-0.2, 0) is 14.9 Å². The summed E-state index contributed by atoms with van der Waals surface area (Å²) >= 11 is 0. The average Bonchev–Trinajstić information content (AvgIpc) is 2.44. The van der Waals surface area contributed by atoms with E-state index in [9.17, 15) is 21.6 Å². The predicted molar refractivity (Wildman–Crippen MR) is 98.3 cm³/mol. The van der Waals surface area contributed by atoms with Crippen molar-refractivity contribution in [2.45, 2.75) is 58.8 Å². The topological polar surface area (TPSA) is 52.6 Å². The van der Waals surface area contributed by atoms with E-state index < -0.39 is 27.3 Å². The van der Waals surface area contributed by atoms with Gasteiger partial charge in [0.05, 0.1) is 11.7 Å². The van der Waals surface area contributed by atoms with E-state index in [1.807, 2.05) is 0 Å². The van der Waals surface area contributed by atoms with Crippen LogP contribution in [-0.4, -0.2) is 19.5 Å². The maximum atomic E-state index is 13.0. The Hall–Kier alpha value is -1.80. The van der Waals surface area contributed by atoms with E-state index in [1.54, 1.807) is 65.8 Å². The van der Waals surface area contributed by atoms with Gasteiger partial charge in [-0.15, -0.1) is 0 Å². The van der Waals surface area contributed by atoms with Crippen molar-refractivity contribution in [3.8, 4) is 5.75 Å². The summed E-state index contributed by atoms with van der Waals surface area (Å²) < 4.78 is 72.9. The largest absolute Gasteiger partial charge is 0.534 e. The molecule has 27 heavy (non-hydrogen) atoms. The van der Waals surface area contributed by atoms with Gasteiger partial charge in [-0.3, -0.25) is 0 Å². The molecule has 1 unspecified atom stereocenters. The Bertz CT molecular complexity index is 958. The minimum atomic E-state index is -5.83. The van der Waals surface area contributed by atoms with E-state index in [-0.39, 0.29) is 16.7 Å². The van der Waals surface area contributed by atoms with Gasteiger partial charge in [0, 0.05) is 10.9 Å². The van der Waals surface area contributed by atoms with Crippen LogP contribution in [0.4, 0.5) is 13.2 Å². The van der Waals surface area contributed by atoms with Gasteiger partial charge >= 0.3 is 15.6 Å². The molecule has 0 aliphatic rings. The standard InChI is InChI=1S/C19H23F3O4S/c1-11-7-8-14-10-12(2)16(13(3)25-18(4,5)6)17(15(14)9-11)26-27(23,24)19(20,21)22/h7-10,13H,1-6H3. The summed E-state index contributed by atoms with van der Waals surface area (Å²) in [6.07, 6.45) is -0.687. The van der Waals surface area contributed by atoms with E-state index in [4.69, 9.17) is 4.74 Å². The average molecular weight is 404 g/mol. The molecular formula is C19H23F3O4S. The van der Waals surface area contributed by atoms with Gasteiger partial charge < -0.3 is 8.92 Å². The number of rotatable bonds is 4. The van der Waals surface area contributed by atoms with Crippen molar-refractivity contribution in [3.05, 3.63) is 41.0 Å². The molecule has 0 aliphatic heterocycles. The lowest BCUT2D eigenvalue weighted by molar-refractivity contribution is -0.0555. The normalized spacial score (nSPS) is 14.4. The first kappa shape index (κ1) is 21.5. The molecule has 0 aliphatic carbocycles. The van der Waals surface area contributed by atoms with Crippen LogP contribution >= 0.6 is 0 Å². The highest BCUT2D eigenvalue weighted by Crippen LogP contribution is 2.41. The fourth-order valence-electron chi connectivity index (χ4n) is 2.97. The second-order valence-corrected chi connectivity index (χ2v) is 9.05. The van der Waals surface area contributed by atoms with Gasteiger partial charge in [0.25, 0.3) is 0 Å². The third-order valence-corrected chi connectivity index (χ3v) is 4.86. The van der Waals surface area contributed by atoms with Crippen LogP contribution in [0, 0.1) is 13.8 Å². The zero-order chi connectivity index (χ0) is 20.8. The van der Waals surface area contributed by atoms with Gasteiger partial charge in [0.1, 0.15) is 0 Å². The fraction of sp³-hybridized carbons (Fsp3) is 0.474. The molecule has 0 heterocycles. The Kier molecular flexibility index (Phi) is 5.56. The molecule has 0 aromatic heterocycles. The molecule has 0 amide bonds. The van der Waals surface area contributed by atoms with Crippen molar-refractivity contribution in [2.75, 3.05) is 0 Å². The summed E-state index contributed by atoms with van der Waals surface area (Å²) in [7, 11) is -5.83. The minimum absolute atomic E-state index is 0.274. The lowest BCUT2D eigenvalue weighted by Crippen LogP contribution is -2.29. The van der Waals surface area contributed by atoms with Crippen molar-refractivity contribution in [2.24, 2.45) is 0 Å². The molecular weight excluding hydrogens is 381 g/mol. The van der Waals surface area contributed by atoms with Crippen LogP contribution in [0.1, 0.15) is 50.5 Å². The smallest absolute Gasteiger partial charge is 0.375 e. The molecule has 2 aromatic carbocycles. The first-order valence-electron chi connectivity index (χ1n) is 8.35. The van der Waals surface area contributed by atoms with Gasteiger partial charge in [-0.1, -0.05) is 23.8 Å². The van der Waals surface area contributed by atoms with Crippen LogP contribution in [0.25, 0.3) is 10.8 Å². The van der Waals surface area contributed by atoms with E-state index in [0.29, 0.717) is 10.9 Å². The highest BCUT2D eigenvalue weighted by atomic mass is 32.2. The number of alkyl halides is 3. The Labute approximate surface area is 157 Å². The van der Waals surface area contributed by atoms with Crippen LogP contribution in [0.15, 0.2) is 24.3 Å². The van der Waals surface area contributed by atoms with Gasteiger partial charge in [0.2, 0.25) is 0 Å². The van der Waals surface area contributed by atoms with E-state index in [2.05, 4.69) is 4.18 Å². The van der Waals surface area contributed by atoms with Crippen LogP contribution in [0.5, 0.6) is 5.75 Å². The Morgan fingerprint density at radius 1 is 1.04 bits per heavy atom. The SMILES string of the molecule is Cc1ccc2cc(C)c(C(C)OC(C)(C)C)c(OS(=O)(=O)C(F)(F)F)c2c1. The lowest BCUT2D eigenvalue weighted by Gasteiger charge is -2.28. The first-order chi connectivity index (χ1) is 12.1. The predicted octanol–water partition coefficient (Wildman–Crippen LogP) is 5.56. The first-order valence-corrected chi connectivity index (χ1v) is 9.75. The number of benzene rings is 2. The Morgan fingerprint density at radius 3 is 2.15 bits per heavy atom. The summed E-state index contributed by atoms with van der Waals surface area (Å²) in [5, 5.41) is 0.866. The molecule has 2 aromatic rings. The van der Waals surface area contributed by atoms with Crippen molar-refractivity contribution in [1.29, 1.82) is 0 Å². The van der Waals surface area contributed by atoms with Gasteiger partial charge in [-0.25, -0.2) is 0 Å². The monoisotopic (exact) mass is 404 g/mol. The molecule has 4 nitrogen and oxygen atoms in total. The minimum Gasteiger partial charge on any atom is -0.375 e. The van der Waals surface area contributed by atoms with Gasteiger partial charge in [-0.05, 0) is 58.6 Å². The summed E-state index contributed by atoms with van der Waals surface area (Å²) in [5.41, 5.74) is -4.51. The van der Waals surface area contributed by atoms with Crippen molar-refractivity contribution >= 4 is 20.9 Å². The molecule has 0 N–H and O–H groups in total.